The second-order valence-electron chi connectivity index (χ2n) is 5.99. The zero-order valence-electron chi connectivity index (χ0n) is 16.4. The lowest BCUT2D eigenvalue weighted by Crippen LogP contribution is -2.38. The molecule has 2 aromatic carbocycles. The molecule has 0 bridgehead atoms. The highest BCUT2D eigenvalue weighted by atomic mass is 35.5. The summed E-state index contributed by atoms with van der Waals surface area (Å²) >= 11 is 7.32. The van der Waals surface area contributed by atoms with E-state index < -0.39 is 11.9 Å². The summed E-state index contributed by atoms with van der Waals surface area (Å²) in [6, 6.07) is 14.2. The average molecular weight is 446 g/mol. The van der Waals surface area contributed by atoms with Crippen molar-refractivity contribution >= 4 is 35.3 Å². The number of thioether (sulfide) groups is 1. The number of ether oxygens (including phenoxy) is 1. The molecule has 0 aliphatic heterocycles. The van der Waals surface area contributed by atoms with Crippen LogP contribution in [0.15, 0.2) is 53.7 Å². The van der Waals surface area contributed by atoms with Gasteiger partial charge in [0.2, 0.25) is 5.91 Å². The Labute approximate surface area is 183 Å². The first-order valence-electron chi connectivity index (χ1n) is 9.10. The number of nitrogens with one attached hydrogen (secondary N) is 2. The first-order valence-corrected chi connectivity index (χ1v) is 10.5. The minimum Gasteiger partial charge on any atom is -0.494 e. The van der Waals surface area contributed by atoms with Crippen LogP contribution in [0.5, 0.6) is 5.75 Å². The molecule has 0 saturated carbocycles. The molecule has 0 radical (unpaired) electrons. The Morgan fingerprint density at radius 3 is 2.60 bits per heavy atom. The number of carbonyl (C=O) groups excluding carboxylic acids is 2. The molecule has 156 valence electrons. The Morgan fingerprint density at radius 1 is 1.17 bits per heavy atom. The quantitative estimate of drug-likeness (QED) is 0.540. The Bertz CT molecular complexity index is 1040. The lowest BCUT2D eigenvalue weighted by molar-refractivity contribution is -0.117. The topological polar surface area (TPSA) is 98.1 Å². The third-order valence-corrected chi connectivity index (χ3v) is 5.10. The number of halogens is 1. The Morgan fingerprint density at radius 2 is 1.93 bits per heavy atom. The minimum atomic E-state index is -0.562. The molecule has 2 N–H and O–H groups in total. The maximum atomic E-state index is 12.0. The zero-order valence-corrected chi connectivity index (χ0v) is 18.0. The van der Waals surface area contributed by atoms with Crippen molar-refractivity contribution in [1.82, 2.24) is 25.4 Å². The van der Waals surface area contributed by atoms with E-state index in [0.717, 1.165) is 17.0 Å². The molecule has 1 heterocycles. The fourth-order valence-electron chi connectivity index (χ4n) is 2.62. The number of carbonyl (C=O) groups is 2. The van der Waals surface area contributed by atoms with Gasteiger partial charge in [-0.2, -0.15) is 0 Å². The fourth-order valence-corrected chi connectivity index (χ4v) is 3.57. The van der Waals surface area contributed by atoms with Gasteiger partial charge in [0.15, 0.2) is 11.0 Å². The van der Waals surface area contributed by atoms with Crippen molar-refractivity contribution in [2.75, 3.05) is 19.4 Å². The minimum absolute atomic E-state index is 0.00186. The van der Waals surface area contributed by atoms with Crippen LogP contribution in [0.2, 0.25) is 5.02 Å². The number of benzene rings is 2. The van der Waals surface area contributed by atoms with Crippen LogP contribution in [-0.2, 0) is 4.79 Å². The number of rotatable bonds is 7. The van der Waals surface area contributed by atoms with E-state index in [1.165, 1.54) is 18.8 Å². The molecule has 0 aliphatic rings. The monoisotopic (exact) mass is 445 g/mol. The van der Waals surface area contributed by atoms with E-state index in [2.05, 4.69) is 20.8 Å². The van der Waals surface area contributed by atoms with Crippen molar-refractivity contribution in [2.24, 2.45) is 0 Å². The summed E-state index contributed by atoms with van der Waals surface area (Å²) < 4.78 is 7.34. The van der Waals surface area contributed by atoms with Crippen molar-refractivity contribution in [2.45, 2.75) is 12.1 Å². The molecule has 10 heteroatoms. The van der Waals surface area contributed by atoms with Gasteiger partial charge in [-0.15, -0.1) is 10.2 Å². The van der Waals surface area contributed by atoms with Crippen LogP contribution in [0.4, 0.5) is 4.79 Å². The first-order chi connectivity index (χ1) is 14.5. The lowest BCUT2D eigenvalue weighted by Gasteiger charge is -2.11. The fraction of sp³-hybridized carbons (Fsp3) is 0.200. The third kappa shape index (κ3) is 5.31. The van der Waals surface area contributed by atoms with Crippen molar-refractivity contribution in [3.63, 3.8) is 0 Å². The molecule has 0 spiro atoms. The summed E-state index contributed by atoms with van der Waals surface area (Å²) in [7, 11) is 1.44. The van der Waals surface area contributed by atoms with E-state index in [4.69, 9.17) is 16.3 Å². The van der Waals surface area contributed by atoms with Crippen molar-refractivity contribution < 1.29 is 14.3 Å². The van der Waals surface area contributed by atoms with Crippen molar-refractivity contribution in [3.05, 3.63) is 53.6 Å². The van der Waals surface area contributed by atoms with E-state index in [-0.39, 0.29) is 5.75 Å². The second kappa shape index (κ2) is 10.1. The highest BCUT2D eigenvalue weighted by molar-refractivity contribution is 7.99. The summed E-state index contributed by atoms with van der Waals surface area (Å²) in [6.07, 6.45) is 0. The van der Waals surface area contributed by atoms with Crippen LogP contribution in [-0.4, -0.2) is 46.1 Å². The molecule has 30 heavy (non-hydrogen) atoms. The summed E-state index contributed by atoms with van der Waals surface area (Å²) in [5.74, 6) is 0.886. The zero-order chi connectivity index (χ0) is 21.5. The van der Waals surface area contributed by atoms with Gasteiger partial charge in [0, 0.05) is 23.3 Å². The van der Waals surface area contributed by atoms with Gasteiger partial charge < -0.3 is 10.1 Å². The highest BCUT2D eigenvalue weighted by Gasteiger charge is 2.18. The van der Waals surface area contributed by atoms with E-state index in [9.17, 15) is 9.59 Å². The summed E-state index contributed by atoms with van der Waals surface area (Å²) in [6.45, 7) is 2.49. The Hall–Kier alpha value is -3.04. The van der Waals surface area contributed by atoms with E-state index >= 15 is 0 Å². The normalized spacial score (nSPS) is 10.5. The van der Waals surface area contributed by atoms with Gasteiger partial charge in [-0.1, -0.05) is 35.5 Å². The van der Waals surface area contributed by atoms with E-state index in [1.54, 1.807) is 12.1 Å². The predicted octanol–water partition coefficient (Wildman–Crippen LogP) is 3.53. The summed E-state index contributed by atoms with van der Waals surface area (Å²) in [5, 5.41) is 14.2. The molecule has 3 amide bonds. The van der Waals surface area contributed by atoms with E-state index in [1.807, 2.05) is 47.9 Å². The molecule has 0 aliphatic carbocycles. The maximum Gasteiger partial charge on any atom is 0.321 e. The van der Waals surface area contributed by atoms with Crippen LogP contribution in [0.25, 0.3) is 17.1 Å². The SMILES string of the molecule is CCOc1ccc(-n2c(SCC(=O)NC(=O)NC)nnc2-c2cccc(Cl)c2)cc1. The number of nitrogens with zero attached hydrogens (tertiary/aromatic N) is 3. The highest BCUT2D eigenvalue weighted by Crippen LogP contribution is 2.30. The van der Waals surface area contributed by atoms with Crippen LogP contribution in [0, 0.1) is 0 Å². The van der Waals surface area contributed by atoms with Crippen molar-refractivity contribution in [1.29, 1.82) is 0 Å². The molecular weight excluding hydrogens is 426 g/mol. The molecule has 0 unspecified atom stereocenters. The molecule has 0 atom stereocenters. The van der Waals surface area contributed by atoms with Gasteiger partial charge in [-0.05, 0) is 43.3 Å². The number of amides is 3. The average Bonchev–Trinajstić information content (AvgIpc) is 3.17. The maximum absolute atomic E-state index is 12.0. The first kappa shape index (κ1) is 21.7. The largest absolute Gasteiger partial charge is 0.494 e. The molecular formula is C20H20ClN5O3S. The molecule has 1 aromatic heterocycles. The van der Waals surface area contributed by atoms with Gasteiger partial charge in [-0.25, -0.2) is 4.79 Å². The number of hydrogen-bond donors (Lipinski definition) is 2. The summed E-state index contributed by atoms with van der Waals surface area (Å²) in [5.41, 5.74) is 1.58. The molecule has 0 fully saturated rings. The van der Waals surface area contributed by atoms with Gasteiger partial charge in [0.1, 0.15) is 5.75 Å². The summed E-state index contributed by atoms with van der Waals surface area (Å²) in [4.78, 5) is 23.3. The predicted molar refractivity (Wildman–Crippen MR) is 116 cm³/mol. The lowest BCUT2D eigenvalue weighted by atomic mass is 10.2. The second-order valence-corrected chi connectivity index (χ2v) is 7.37. The molecule has 3 aromatic rings. The number of hydrogen-bond acceptors (Lipinski definition) is 6. The van der Waals surface area contributed by atoms with Crippen LogP contribution in [0.1, 0.15) is 6.92 Å². The van der Waals surface area contributed by atoms with Crippen LogP contribution in [0.3, 0.4) is 0 Å². The van der Waals surface area contributed by atoms with Crippen LogP contribution < -0.4 is 15.4 Å². The molecule has 0 saturated heterocycles. The van der Waals surface area contributed by atoms with Gasteiger partial charge in [0.05, 0.1) is 12.4 Å². The molecule has 3 rings (SSSR count). The van der Waals surface area contributed by atoms with Gasteiger partial charge in [0.25, 0.3) is 0 Å². The van der Waals surface area contributed by atoms with Gasteiger partial charge >= 0.3 is 6.03 Å². The third-order valence-electron chi connectivity index (χ3n) is 3.93. The smallest absolute Gasteiger partial charge is 0.321 e. The number of imide groups is 1. The van der Waals surface area contributed by atoms with Crippen LogP contribution >= 0.6 is 23.4 Å². The van der Waals surface area contributed by atoms with E-state index in [0.29, 0.717) is 22.6 Å². The standard InChI is InChI=1S/C20H20ClN5O3S/c1-3-29-16-9-7-15(8-10-16)26-18(13-5-4-6-14(21)11-13)24-25-20(26)30-12-17(27)23-19(28)22-2/h4-11H,3,12H2,1-2H3,(H2,22,23,27,28). The molecule has 8 nitrogen and oxygen atoms in total. The van der Waals surface area contributed by atoms with Crippen molar-refractivity contribution in [3.8, 4) is 22.8 Å². The number of aromatic nitrogens is 3. The Kier molecular flexibility index (Phi) is 7.31. The van der Waals surface area contributed by atoms with Gasteiger partial charge in [-0.3, -0.25) is 14.7 Å². The Balaban J connectivity index is 1.94. The number of urea groups is 1.